The van der Waals surface area contributed by atoms with Gasteiger partial charge in [-0.05, 0) is 11.8 Å². The highest BCUT2D eigenvalue weighted by molar-refractivity contribution is 7.94. The standard InChI is InChI=1S/C6H10O3.C2H4O2.FPS/c1-2-5(7)3-4-6(8)9;1-2(3)4;1-2-3/h2-4H2,1H3,(H,8,9);1H3,(H,3,4);. The van der Waals surface area contributed by atoms with Crippen LogP contribution in [0.3, 0.4) is 0 Å². The molecule has 2 N–H and O–H groups in total. The Morgan fingerprint density at radius 3 is 1.75 bits per heavy atom. The molecule has 5 nitrogen and oxygen atoms in total. The molecule has 0 fully saturated rings. The van der Waals surface area contributed by atoms with Crippen LogP contribution in [0.4, 0.5) is 4.20 Å². The van der Waals surface area contributed by atoms with Crippen molar-refractivity contribution in [2.24, 2.45) is 0 Å². The van der Waals surface area contributed by atoms with Gasteiger partial charge in [0.25, 0.3) is 5.97 Å². The van der Waals surface area contributed by atoms with E-state index in [1.165, 1.54) is 0 Å². The second-order valence-corrected chi connectivity index (χ2v) is 2.93. The number of carboxylic acids is 2. The fourth-order valence-electron chi connectivity index (χ4n) is 0.423. The molecule has 0 aromatic rings. The van der Waals surface area contributed by atoms with Gasteiger partial charge in [0, 0.05) is 19.8 Å². The van der Waals surface area contributed by atoms with E-state index in [1.54, 1.807) is 6.92 Å². The fraction of sp³-hybridized carbons (Fsp3) is 0.625. The van der Waals surface area contributed by atoms with Gasteiger partial charge in [-0.25, -0.2) is 0 Å². The molecule has 0 spiro atoms. The second-order valence-electron chi connectivity index (χ2n) is 2.37. The van der Waals surface area contributed by atoms with Crippen molar-refractivity contribution < 1.29 is 28.8 Å². The minimum absolute atomic E-state index is 0.0115. The molecular weight excluding hydrogens is 258 g/mol. The topological polar surface area (TPSA) is 91.7 Å². The van der Waals surface area contributed by atoms with E-state index in [-0.39, 0.29) is 18.6 Å². The summed E-state index contributed by atoms with van der Waals surface area (Å²) in [4.78, 5) is 29.3. The lowest BCUT2D eigenvalue weighted by Crippen LogP contribution is -2.00. The van der Waals surface area contributed by atoms with Crippen molar-refractivity contribution in [3.8, 4) is 0 Å². The number of carbonyl (C=O) groups is 3. The Morgan fingerprint density at radius 1 is 1.25 bits per heavy atom. The van der Waals surface area contributed by atoms with Crippen molar-refractivity contribution in [2.45, 2.75) is 33.1 Å². The summed E-state index contributed by atoms with van der Waals surface area (Å²) in [5.41, 5.74) is 0. The van der Waals surface area contributed by atoms with Crippen LogP contribution in [0.25, 0.3) is 0 Å². The van der Waals surface area contributed by atoms with E-state index in [0.29, 0.717) is 6.42 Å². The average molecular weight is 272 g/mol. The predicted octanol–water partition coefficient (Wildman–Crippen LogP) is 2.20. The van der Waals surface area contributed by atoms with Crippen molar-refractivity contribution in [2.75, 3.05) is 0 Å². The quantitative estimate of drug-likeness (QED) is 0.762. The summed E-state index contributed by atoms with van der Waals surface area (Å²) in [7, 11) is -0.500. The van der Waals surface area contributed by atoms with Crippen molar-refractivity contribution in [3.05, 3.63) is 0 Å². The molecule has 0 rings (SSSR count). The number of hydrogen-bond acceptors (Lipinski definition) is 4. The highest BCUT2D eigenvalue weighted by Crippen LogP contribution is 1.93. The average Bonchev–Trinajstić information content (AvgIpc) is 2.14. The number of aliphatic carboxylic acids is 2. The predicted molar refractivity (Wildman–Crippen MR) is 60.9 cm³/mol. The fourth-order valence-corrected chi connectivity index (χ4v) is 0.423. The number of Topliss-reactive ketones (excluding diaryl/α,β-unsaturated/α-hetero) is 1. The normalized spacial score (nSPS) is 7.94. The molecule has 0 saturated carbocycles. The minimum Gasteiger partial charge on any atom is -0.481 e. The summed E-state index contributed by atoms with van der Waals surface area (Å²) >= 11 is 3.70. The first-order chi connectivity index (χ1) is 7.31. The van der Waals surface area contributed by atoms with Crippen LogP contribution >= 0.6 is 7.67 Å². The second kappa shape index (κ2) is 16.5. The zero-order valence-corrected chi connectivity index (χ0v) is 10.7. The van der Waals surface area contributed by atoms with Crippen LogP contribution in [0, 0.1) is 0 Å². The van der Waals surface area contributed by atoms with Gasteiger partial charge in [-0.1, -0.05) is 6.92 Å². The van der Waals surface area contributed by atoms with Gasteiger partial charge in [0.15, 0.2) is 7.67 Å². The largest absolute Gasteiger partial charge is 0.481 e. The van der Waals surface area contributed by atoms with E-state index in [0.717, 1.165) is 6.92 Å². The zero-order chi connectivity index (χ0) is 13.6. The summed E-state index contributed by atoms with van der Waals surface area (Å²) in [5.74, 6) is -1.73. The van der Waals surface area contributed by atoms with Gasteiger partial charge < -0.3 is 10.2 Å². The van der Waals surface area contributed by atoms with Crippen molar-refractivity contribution in [1.29, 1.82) is 0 Å². The Morgan fingerprint density at radius 2 is 1.56 bits per heavy atom. The van der Waals surface area contributed by atoms with E-state index >= 15 is 0 Å². The lowest BCUT2D eigenvalue weighted by atomic mass is 10.2. The number of carboxylic acid groups (broad SMARTS) is 2. The molecule has 0 unspecified atom stereocenters. The summed E-state index contributed by atoms with van der Waals surface area (Å²) in [6.07, 6.45) is 0.575. The zero-order valence-electron chi connectivity index (χ0n) is 8.97. The van der Waals surface area contributed by atoms with Crippen molar-refractivity contribution in [1.82, 2.24) is 0 Å². The van der Waals surface area contributed by atoms with Gasteiger partial charge >= 0.3 is 5.97 Å². The van der Waals surface area contributed by atoms with Crippen LogP contribution < -0.4 is 0 Å². The van der Waals surface area contributed by atoms with Crippen LogP contribution in [0.1, 0.15) is 33.1 Å². The molecule has 0 bridgehead atoms. The Hall–Kier alpha value is -0.940. The third-order valence-electron chi connectivity index (χ3n) is 1.01. The lowest BCUT2D eigenvalue weighted by molar-refractivity contribution is -0.138. The molecule has 0 atom stereocenters. The SMILES string of the molecule is CC(=O)O.CCC(=O)CCC(=O)O.FP=S. The molecule has 0 aromatic heterocycles. The van der Waals surface area contributed by atoms with Gasteiger partial charge in [-0.15, -0.1) is 0 Å². The molecule has 8 heteroatoms. The Bertz CT molecular complexity index is 230. The molecule has 0 heterocycles. The van der Waals surface area contributed by atoms with Gasteiger partial charge in [-0.3, -0.25) is 14.4 Å². The number of ketones is 1. The molecule has 0 saturated heterocycles. The highest BCUT2D eigenvalue weighted by atomic mass is 32.4. The minimum atomic E-state index is -0.906. The van der Waals surface area contributed by atoms with Crippen LogP contribution in [-0.4, -0.2) is 27.9 Å². The van der Waals surface area contributed by atoms with E-state index < -0.39 is 19.6 Å². The summed E-state index contributed by atoms with van der Waals surface area (Å²) in [5, 5.41) is 15.5. The molecule has 16 heavy (non-hydrogen) atoms. The maximum absolute atomic E-state index is 10.5. The van der Waals surface area contributed by atoms with Crippen LogP contribution in [-0.2, 0) is 26.2 Å². The van der Waals surface area contributed by atoms with Crippen LogP contribution in [0.5, 0.6) is 0 Å². The highest BCUT2D eigenvalue weighted by Gasteiger charge is 2.01. The smallest absolute Gasteiger partial charge is 0.303 e. The number of carbonyl (C=O) groups excluding carboxylic acids is 1. The maximum atomic E-state index is 10.5. The van der Waals surface area contributed by atoms with Gasteiger partial charge in [-0.2, -0.15) is 4.20 Å². The number of rotatable bonds is 4. The van der Waals surface area contributed by atoms with E-state index in [4.69, 9.17) is 15.0 Å². The molecule has 0 aromatic carbocycles. The summed E-state index contributed by atoms with van der Waals surface area (Å²) < 4.78 is 10.1. The van der Waals surface area contributed by atoms with Gasteiger partial charge in [0.1, 0.15) is 5.78 Å². The molecule has 0 aliphatic heterocycles. The van der Waals surface area contributed by atoms with Gasteiger partial charge in [0.05, 0.1) is 6.42 Å². The van der Waals surface area contributed by atoms with E-state index in [9.17, 15) is 13.8 Å². The van der Waals surface area contributed by atoms with Crippen LogP contribution in [0.2, 0.25) is 0 Å². The number of halogens is 1. The molecule has 0 aliphatic rings. The first-order valence-corrected chi connectivity index (χ1v) is 5.98. The Kier molecular flexibility index (Phi) is 21.1. The molecule has 94 valence electrons. The molecule has 0 amide bonds. The summed E-state index contributed by atoms with van der Waals surface area (Å²) in [6.45, 7) is 2.81. The molecular formula is C8H14FO5PS. The van der Waals surface area contributed by atoms with E-state index in [2.05, 4.69) is 11.8 Å². The molecule has 0 aliphatic carbocycles. The van der Waals surface area contributed by atoms with Gasteiger partial charge in [0.2, 0.25) is 0 Å². The van der Waals surface area contributed by atoms with Crippen LogP contribution in [0.15, 0.2) is 0 Å². The number of hydrogen-bond donors (Lipinski definition) is 2. The van der Waals surface area contributed by atoms with Crippen molar-refractivity contribution in [3.63, 3.8) is 0 Å². The third kappa shape index (κ3) is 51.7. The maximum Gasteiger partial charge on any atom is 0.303 e. The Labute approximate surface area is 99.6 Å². The first-order valence-electron chi connectivity index (χ1n) is 4.18. The molecule has 0 radical (unpaired) electrons. The first kappa shape index (κ1) is 20.5. The monoisotopic (exact) mass is 272 g/mol. The van der Waals surface area contributed by atoms with E-state index in [1.807, 2.05) is 0 Å². The van der Waals surface area contributed by atoms with Crippen molar-refractivity contribution >= 4 is 37.2 Å². The lowest BCUT2D eigenvalue weighted by Gasteiger charge is -1.90. The summed E-state index contributed by atoms with van der Waals surface area (Å²) in [6, 6.07) is 0. The Balaban J connectivity index is -0.000000201. The third-order valence-corrected chi connectivity index (χ3v) is 1.01.